The van der Waals surface area contributed by atoms with Crippen LogP contribution in [0.15, 0.2) is 12.7 Å². The van der Waals surface area contributed by atoms with Crippen molar-refractivity contribution in [2.45, 2.75) is 0 Å². The molecule has 0 saturated carbocycles. The maximum atomic E-state index is 10.1. The Hall–Kier alpha value is -0.0900. The number of hydrogen-bond acceptors (Lipinski definition) is 3. The van der Waals surface area contributed by atoms with Crippen LogP contribution >= 0.6 is 21.6 Å². The summed E-state index contributed by atoms with van der Waals surface area (Å²) in [5, 5.41) is 0. The number of nitrogens with two attached hydrogens (primary N) is 1. The van der Waals surface area contributed by atoms with Crippen molar-refractivity contribution in [1.82, 2.24) is 0 Å². The molecule has 0 radical (unpaired) electrons. The first kappa shape index (κ1) is 8.91. The topological polar surface area (TPSA) is 43.1 Å². The molecule has 0 fully saturated rings. The molecular weight excluding hydrogens is 154 g/mol. The molecule has 1 amide bonds. The van der Waals surface area contributed by atoms with E-state index in [1.165, 1.54) is 10.8 Å². The lowest BCUT2D eigenvalue weighted by Crippen LogP contribution is -2.12. The smallest absolute Gasteiger partial charge is 0.228 e. The summed E-state index contributed by atoms with van der Waals surface area (Å²) in [5.74, 6) is 0.979. The minimum atomic E-state index is -0.267. The Morgan fingerprint density at radius 2 is 2.33 bits per heavy atom. The molecule has 4 heteroatoms. The molecule has 0 bridgehead atoms. The van der Waals surface area contributed by atoms with Gasteiger partial charge in [0.1, 0.15) is 0 Å². The molecule has 0 aromatic carbocycles. The predicted octanol–water partition coefficient (Wildman–Crippen LogP) is 1.04. The molecule has 0 saturated heterocycles. The van der Waals surface area contributed by atoms with E-state index in [4.69, 9.17) is 5.73 Å². The highest BCUT2D eigenvalue weighted by molar-refractivity contribution is 8.76. The second-order valence-corrected chi connectivity index (χ2v) is 3.81. The third-order valence-corrected chi connectivity index (χ3v) is 2.67. The first-order valence-corrected chi connectivity index (χ1v) is 4.89. The molecule has 2 nitrogen and oxygen atoms in total. The molecule has 0 rings (SSSR count). The molecule has 0 heterocycles. The lowest BCUT2D eigenvalue weighted by atomic mass is 10.8. The lowest BCUT2D eigenvalue weighted by molar-refractivity contribution is -0.115. The third-order valence-electron chi connectivity index (χ3n) is 0.470. The highest BCUT2D eigenvalue weighted by Gasteiger charge is 1.91. The molecule has 0 atom stereocenters. The number of hydrogen-bond donors (Lipinski definition) is 1. The second kappa shape index (κ2) is 6.04. The summed E-state index contributed by atoms with van der Waals surface area (Å²) in [6.45, 7) is 3.53. The normalized spacial score (nSPS) is 8.89. The Bertz CT molecular complexity index is 105. The first-order chi connectivity index (χ1) is 4.27. The van der Waals surface area contributed by atoms with Gasteiger partial charge in [-0.2, -0.15) is 0 Å². The van der Waals surface area contributed by atoms with Crippen molar-refractivity contribution in [3.63, 3.8) is 0 Å². The molecule has 2 N–H and O–H groups in total. The average molecular weight is 163 g/mol. The van der Waals surface area contributed by atoms with Gasteiger partial charge >= 0.3 is 0 Å². The Morgan fingerprint density at radius 3 is 2.78 bits per heavy atom. The molecule has 0 aliphatic heterocycles. The molecule has 0 aliphatic carbocycles. The summed E-state index contributed by atoms with van der Waals surface area (Å²) < 4.78 is 0. The highest BCUT2D eigenvalue weighted by atomic mass is 33.1. The van der Waals surface area contributed by atoms with Gasteiger partial charge in [0.15, 0.2) is 0 Å². The van der Waals surface area contributed by atoms with Crippen molar-refractivity contribution in [2.24, 2.45) is 5.73 Å². The quantitative estimate of drug-likeness (QED) is 0.374. The van der Waals surface area contributed by atoms with Crippen molar-refractivity contribution in [2.75, 3.05) is 11.5 Å². The van der Waals surface area contributed by atoms with E-state index in [2.05, 4.69) is 6.58 Å². The predicted molar refractivity (Wildman–Crippen MR) is 44.3 cm³/mol. The van der Waals surface area contributed by atoms with E-state index in [-0.39, 0.29) is 5.91 Å². The lowest BCUT2D eigenvalue weighted by Gasteiger charge is -1.91. The van der Waals surface area contributed by atoms with E-state index in [1.807, 2.05) is 0 Å². The van der Waals surface area contributed by atoms with Gasteiger partial charge in [-0.15, -0.1) is 6.58 Å². The molecule has 0 aromatic rings. The van der Waals surface area contributed by atoms with Crippen molar-refractivity contribution < 1.29 is 4.79 Å². The zero-order valence-electron chi connectivity index (χ0n) is 5.00. The Balaban J connectivity index is 2.91. The van der Waals surface area contributed by atoms with E-state index in [0.717, 1.165) is 5.75 Å². The fourth-order valence-corrected chi connectivity index (χ4v) is 1.76. The van der Waals surface area contributed by atoms with Crippen LogP contribution in [0.1, 0.15) is 0 Å². The van der Waals surface area contributed by atoms with E-state index in [9.17, 15) is 4.79 Å². The zero-order chi connectivity index (χ0) is 7.11. The number of primary amides is 1. The minimum Gasteiger partial charge on any atom is -0.369 e. The van der Waals surface area contributed by atoms with Gasteiger partial charge < -0.3 is 5.73 Å². The van der Waals surface area contributed by atoms with E-state index >= 15 is 0 Å². The van der Waals surface area contributed by atoms with Gasteiger partial charge in [0, 0.05) is 5.75 Å². The van der Waals surface area contributed by atoms with Gasteiger partial charge in [-0.05, 0) is 0 Å². The number of amides is 1. The van der Waals surface area contributed by atoms with Crippen molar-refractivity contribution in [3.05, 3.63) is 12.7 Å². The highest BCUT2D eigenvalue weighted by Crippen LogP contribution is 2.19. The minimum absolute atomic E-state index is 0.267. The molecule has 52 valence electrons. The molecular formula is C5H9NOS2. The fourth-order valence-electron chi connectivity index (χ4n) is 0.196. The molecule has 0 aromatic heterocycles. The monoisotopic (exact) mass is 163 g/mol. The fraction of sp³-hybridized carbons (Fsp3) is 0.400. The maximum absolute atomic E-state index is 10.1. The summed E-state index contributed by atoms with van der Waals surface area (Å²) in [4.78, 5) is 10.1. The van der Waals surface area contributed by atoms with E-state index in [0.29, 0.717) is 5.75 Å². The van der Waals surface area contributed by atoms with Crippen molar-refractivity contribution in [1.29, 1.82) is 0 Å². The summed E-state index contributed by atoms with van der Waals surface area (Å²) in [5.41, 5.74) is 4.88. The molecule has 0 aliphatic rings. The maximum Gasteiger partial charge on any atom is 0.228 e. The third kappa shape index (κ3) is 7.91. The standard InChI is InChI=1S/C5H9NOS2/c1-2-3-8-9-4-5(6)7/h2H,1,3-4H2,(H2,6,7). The van der Waals surface area contributed by atoms with Gasteiger partial charge in [-0.3, -0.25) is 4.79 Å². The van der Waals surface area contributed by atoms with Crippen LogP contribution < -0.4 is 5.73 Å². The van der Waals surface area contributed by atoms with Crippen LogP contribution in [0.2, 0.25) is 0 Å². The number of carbonyl (C=O) groups is 1. The van der Waals surface area contributed by atoms with Crippen LogP contribution in [0.4, 0.5) is 0 Å². The molecule has 9 heavy (non-hydrogen) atoms. The van der Waals surface area contributed by atoms with Gasteiger partial charge in [-0.1, -0.05) is 27.7 Å². The second-order valence-electron chi connectivity index (χ2n) is 1.30. The van der Waals surface area contributed by atoms with Crippen LogP contribution in [-0.2, 0) is 4.79 Å². The number of carbonyl (C=O) groups excluding carboxylic acids is 1. The van der Waals surface area contributed by atoms with Crippen LogP contribution in [0, 0.1) is 0 Å². The summed E-state index contributed by atoms with van der Waals surface area (Å²) in [6, 6.07) is 0. The van der Waals surface area contributed by atoms with Gasteiger partial charge in [0.25, 0.3) is 0 Å². The Kier molecular flexibility index (Phi) is 5.98. The van der Waals surface area contributed by atoms with Gasteiger partial charge in [0.2, 0.25) is 5.91 Å². The molecule has 0 spiro atoms. The largest absolute Gasteiger partial charge is 0.369 e. The van der Waals surface area contributed by atoms with E-state index < -0.39 is 0 Å². The van der Waals surface area contributed by atoms with Crippen LogP contribution in [0.5, 0.6) is 0 Å². The van der Waals surface area contributed by atoms with Gasteiger partial charge in [0.05, 0.1) is 5.75 Å². The SMILES string of the molecule is C=CCSSCC(N)=O. The van der Waals surface area contributed by atoms with Crippen LogP contribution in [-0.4, -0.2) is 17.4 Å². The van der Waals surface area contributed by atoms with E-state index in [1.54, 1.807) is 16.9 Å². The van der Waals surface area contributed by atoms with Gasteiger partial charge in [-0.25, -0.2) is 0 Å². The Labute approximate surface area is 62.7 Å². The summed E-state index contributed by atoms with van der Waals surface area (Å²) in [7, 11) is 3.04. The van der Waals surface area contributed by atoms with Crippen molar-refractivity contribution in [3.8, 4) is 0 Å². The summed E-state index contributed by atoms with van der Waals surface area (Å²) in [6.07, 6.45) is 1.79. The summed E-state index contributed by atoms with van der Waals surface area (Å²) >= 11 is 0. The zero-order valence-corrected chi connectivity index (χ0v) is 6.63. The van der Waals surface area contributed by atoms with Crippen molar-refractivity contribution >= 4 is 27.5 Å². The van der Waals surface area contributed by atoms with Crippen LogP contribution in [0.25, 0.3) is 0 Å². The number of rotatable bonds is 5. The van der Waals surface area contributed by atoms with Crippen LogP contribution in [0.3, 0.4) is 0 Å². The first-order valence-electron chi connectivity index (χ1n) is 2.41. The average Bonchev–Trinajstić information content (AvgIpc) is 1.80. The molecule has 0 unspecified atom stereocenters. The Morgan fingerprint density at radius 1 is 1.67 bits per heavy atom.